The van der Waals surface area contributed by atoms with E-state index in [0.717, 1.165) is 27.3 Å². The van der Waals surface area contributed by atoms with Crippen molar-refractivity contribution in [2.75, 3.05) is 14.2 Å². The summed E-state index contributed by atoms with van der Waals surface area (Å²) in [6, 6.07) is 20.7. The van der Waals surface area contributed by atoms with E-state index in [1.165, 1.54) is 11.3 Å². The lowest BCUT2D eigenvalue weighted by molar-refractivity contribution is 0.415. The average molecular weight is 442 g/mol. The van der Waals surface area contributed by atoms with Crippen molar-refractivity contribution in [2.45, 2.75) is 0 Å². The second kappa shape index (κ2) is 8.28. The SMILES string of the molecule is COc1ccc(/C=C/c2nc3ccccc3c(=O)n2-c2nc3ccc(OC)cc3s2)cc1. The Hall–Kier alpha value is -3.97. The van der Waals surface area contributed by atoms with E-state index < -0.39 is 0 Å². The molecule has 0 saturated carbocycles. The number of hydrogen-bond acceptors (Lipinski definition) is 6. The van der Waals surface area contributed by atoms with Gasteiger partial charge in [0.1, 0.15) is 17.3 Å². The molecule has 5 aromatic rings. The van der Waals surface area contributed by atoms with Crippen molar-refractivity contribution in [2.24, 2.45) is 0 Å². The van der Waals surface area contributed by atoms with Crippen LogP contribution in [0.25, 0.3) is 38.4 Å². The molecule has 32 heavy (non-hydrogen) atoms. The Kier molecular flexibility index (Phi) is 5.17. The Morgan fingerprint density at radius 3 is 2.38 bits per heavy atom. The minimum Gasteiger partial charge on any atom is -0.497 e. The number of para-hydroxylation sites is 1. The quantitative estimate of drug-likeness (QED) is 0.376. The Morgan fingerprint density at radius 2 is 1.59 bits per heavy atom. The van der Waals surface area contributed by atoms with Gasteiger partial charge in [0.05, 0.1) is 35.3 Å². The third-order valence-corrected chi connectivity index (χ3v) is 6.12. The molecular weight excluding hydrogens is 422 g/mol. The number of ether oxygens (including phenoxy) is 2. The van der Waals surface area contributed by atoms with Gasteiger partial charge in [-0.05, 0) is 54.1 Å². The van der Waals surface area contributed by atoms with E-state index in [1.807, 2.05) is 72.8 Å². The molecule has 0 spiro atoms. The van der Waals surface area contributed by atoms with Gasteiger partial charge in [-0.25, -0.2) is 14.5 Å². The van der Waals surface area contributed by atoms with Gasteiger partial charge in [0, 0.05) is 0 Å². The number of thiazole rings is 1. The summed E-state index contributed by atoms with van der Waals surface area (Å²) in [5, 5.41) is 1.11. The van der Waals surface area contributed by atoms with Crippen molar-refractivity contribution in [3.63, 3.8) is 0 Å². The van der Waals surface area contributed by atoms with E-state index >= 15 is 0 Å². The summed E-state index contributed by atoms with van der Waals surface area (Å²) in [4.78, 5) is 22.9. The van der Waals surface area contributed by atoms with Crippen molar-refractivity contribution in [1.82, 2.24) is 14.5 Å². The number of benzene rings is 3. The standard InChI is InChI=1S/C25H19N3O3S/c1-30-17-10-7-16(8-11-17)9-14-23-26-20-6-4-3-5-19(20)24(29)28(23)25-27-21-13-12-18(31-2)15-22(21)32-25/h3-15H,1-2H3/b14-9+. The Labute approximate surface area is 188 Å². The zero-order chi connectivity index (χ0) is 22.1. The van der Waals surface area contributed by atoms with Crippen LogP contribution in [0, 0.1) is 0 Å². The van der Waals surface area contributed by atoms with Gasteiger partial charge in [-0.15, -0.1) is 0 Å². The summed E-state index contributed by atoms with van der Waals surface area (Å²) in [5.74, 6) is 2.04. The molecule has 0 aliphatic carbocycles. The molecule has 0 unspecified atom stereocenters. The van der Waals surface area contributed by atoms with Gasteiger partial charge in [-0.2, -0.15) is 0 Å². The lowest BCUT2D eigenvalue weighted by atomic mass is 10.2. The molecule has 0 fully saturated rings. The Balaban J connectivity index is 1.69. The van der Waals surface area contributed by atoms with Gasteiger partial charge in [0.2, 0.25) is 0 Å². The highest BCUT2D eigenvalue weighted by atomic mass is 32.1. The third kappa shape index (κ3) is 3.63. The van der Waals surface area contributed by atoms with Crippen LogP contribution in [0.2, 0.25) is 0 Å². The van der Waals surface area contributed by atoms with Crippen LogP contribution in [0.4, 0.5) is 0 Å². The van der Waals surface area contributed by atoms with Gasteiger partial charge in [-0.3, -0.25) is 4.79 Å². The summed E-state index contributed by atoms with van der Waals surface area (Å²) >= 11 is 1.42. The smallest absolute Gasteiger partial charge is 0.268 e. The number of nitrogens with zero attached hydrogens (tertiary/aromatic N) is 3. The zero-order valence-electron chi connectivity index (χ0n) is 17.5. The molecule has 0 atom stereocenters. The molecule has 0 aliphatic heterocycles. The van der Waals surface area contributed by atoms with Crippen LogP contribution in [0.3, 0.4) is 0 Å². The van der Waals surface area contributed by atoms with Crippen LogP contribution in [0.15, 0.2) is 71.5 Å². The van der Waals surface area contributed by atoms with E-state index in [4.69, 9.17) is 19.4 Å². The molecule has 5 rings (SSSR count). The van der Waals surface area contributed by atoms with Crippen LogP contribution in [-0.4, -0.2) is 28.8 Å². The first kappa shape index (κ1) is 20.0. The van der Waals surface area contributed by atoms with E-state index in [1.54, 1.807) is 24.9 Å². The predicted octanol–water partition coefficient (Wildman–Crippen LogP) is 5.18. The molecule has 3 aromatic carbocycles. The number of fused-ring (bicyclic) bond motifs is 2. The molecule has 6 nitrogen and oxygen atoms in total. The highest BCUT2D eigenvalue weighted by Crippen LogP contribution is 2.29. The molecule has 0 N–H and O–H groups in total. The first-order chi connectivity index (χ1) is 15.7. The lowest BCUT2D eigenvalue weighted by Gasteiger charge is -2.08. The normalized spacial score (nSPS) is 11.4. The summed E-state index contributed by atoms with van der Waals surface area (Å²) in [5.41, 5.74) is 2.26. The highest BCUT2D eigenvalue weighted by molar-refractivity contribution is 7.20. The van der Waals surface area contributed by atoms with E-state index in [2.05, 4.69) is 0 Å². The topological polar surface area (TPSA) is 66.2 Å². The molecule has 0 bridgehead atoms. The van der Waals surface area contributed by atoms with Crippen molar-refractivity contribution in [1.29, 1.82) is 0 Å². The van der Waals surface area contributed by atoms with Crippen molar-refractivity contribution < 1.29 is 9.47 Å². The molecule has 158 valence electrons. The fourth-order valence-electron chi connectivity index (χ4n) is 3.45. The maximum atomic E-state index is 13.5. The average Bonchev–Trinajstić information content (AvgIpc) is 3.25. The second-order valence-corrected chi connectivity index (χ2v) is 8.07. The number of hydrogen-bond donors (Lipinski definition) is 0. The maximum Gasteiger partial charge on any atom is 0.268 e. The fourth-order valence-corrected chi connectivity index (χ4v) is 4.45. The Morgan fingerprint density at radius 1 is 0.844 bits per heavy atom. The molecule has 0 radical (unpaired) electrons. The lowest BCUT2D eigenvalue weighted by Crippen LogP contribution is -2.22. The fraction of sp³-hybridized carbons (Fsp3) is 0.0800. The van der Waals surface area contributed by atoms with Gasteiger partial charge in [0.15, 0.2) is 5.13 Å². The number of methoxy groups -OCH3 is 2. The molecular formula is C25H19N3O3S. The summed E-state index contributed by atoms with van der Waals surface area (Å²) in [6.45, 7) is 0. The number of aromatic nitrogens is 3. The number of rotatable bonds is 5. The molecule has 7 heteroatoms. The van der Waals surface area contributed by atoms with Crippen molar-refractivity contribution in [3.05, 3.63) is 88.5 Å². The van der Waals surface area contributed by atoms with Crippen LogP contribution < -0.4 is 15.0 Å². The summed E-state index contributed by atoms with van der Waals surface area (Å²) < 4.78 is 13.0. The molecule has 0 amide bonds. The minimum absolute atomic E-state index is 0.156. The third-order valence-electron chi connectivity index (χ3n) is 5.12. The minimum atomic E-state index is -0.156. The molecule has 0 aliphatic rings. The van der Waals surface area contributed by atoms with E-state index in [-0.39, 0.29) is 5.56 Å². The zero-order valence-corrected chi connectivity index (χ0v) is 18.3. The van der Waals surface area contributed by atoms with Gasteiger partial charge in [0.25, 0.3) is 5.56 Å². The molecule has 2 aromatic heterocycles. The van der Waals surface area contributed by atoms with E-state index in [9.17, 15) is 4.79 Å². The largest absolute Gasteiger partial charge is 0.497 e. The second-order valence-electron chi connectivity index (χ2n) is 7.06. The maximum absolute atomic E-state index is 13.5. The first-order valence-corrected chi connectivity index (χ1v) is 10.8. The highest BCUT2D eigenvalue weighted by Gasteiger charge is 2.15. The summed E-state index contributed by atoms with van der Waals surface area (Å²) in [6.07, 6.45) is 3.76. The van der Waals surface area contributed by atoms with Gasteiger partial charge >= 0.3 is 0 Å². The summed E-state index contributed by atoms with van der Waals surface area (Å²) in [7, 11) is 3.26. The molecule has 0 saturated heterocycles. The van der Waals surface area contributed by atoms with E-state index in [0.29, 0.717) is 21.9 Å². The Bertz CT molecular complexity index is 1520. The van der Waals surface area contributed by atoms with Gasteiger partial charge in [-0.1, -0.05) is 41.7 Å². The molecule has 2 heterocycles. The monoisotopic (exact) mass is 441 g/mol. The predicted molar refractivity (Wildman–Crippen MR) is 129 cm³/mol. The van der Waals surface area contributed by atoms with Crippen LogP contribution in [-0.2, 0) is 0 Å². The van der Waals surface area contributed by atoms with Crippen LogP contribution >= 0.6 is 11.3 Å². The van der Waals surface area contributed by atoms with Crippen LogP contribution in [0.1, 0.15) is 11.4 Å². The van der Waals surface area contributed by atoms with Crippen molar-refractivity contribution in [3.8, 4) is 16.6 Å². The van der Waals surface area contributed by atoms with Gasteiger partial charge < -0.3 is 9.47 Å². The van der Waals surface area contributed by atoms with Crippen LogP contribution in [0.5, 0.6) is 11.5 Å². The first-order valence-electron chi connectivity index (χ1n) is 9.95. The van der Waals surface area contributed by atoms with Crippen molar-refractivity contribution >= 4 is 44.6 Å².